The molecule has 0 bridgehead atoms. The summed E-state index contributed by atoms with van der Waals surface area (Å²) in [5.41, 5.74) is 2.95. The van der Waals surface area contributed by atoms with Crippen LogP contribution in [0.15, 0.2) is 36.8 Å². The first kappa shape index (κ1) is 15.2. The van der Waals surface area contributed by atoms with Gasteiger partial charge in [0.1, 0.15) is 6.04 Å². The number of carboxylic acids is 1. The maximum absolute atomic E-state index is 12.4. The monoisotopic (exact) mass is 314 g/mol. The molecule has 4 N–H and O–H groups in total. The van der Waals surface area contributed by atoms with E-state index in [1.807, 2.05) is 24.3 Å². The summed E-state index contributed by atoms with van der Waals surface area (Å²) in [6.45, 7) is 0.604. The Morgan fingerprint density at radius 2 is 2.13 bits per heavy atom. The molecule has 1 unspecified atom stereocenters. The van der Waals surface area contributed by atoms with Crippen molar-refractivity contribution in [3.05, 3.63) is 53.6 Å². The van der Waals surface area contributed by atoms with Gasteiger partial charge in [0, 0.05) is 24.9 Å². The average Bonchev–Trinajstić information content (AvgIpc) is 3.06. The van der Waals surface area contributed by atoms with Crippen molar-refractivity contribution in [1.29, 1.82) is 0 Å². The van der Waals surface area contributed by atoms with Crippen molar-refractivity contribution >= 4 is 11.9 Å². The predicted octanol–water partition coefficient (Wildman–Crippen LogP) is 0.236. The zero-order valence-corrected chi connectivity index (χ0v) is 12.5. The van der Waals surface area contributed by atoms with Gasteiger partial charge in [-0.2, -0.15) is 0 Å². The number of hydrogen-bond donors (Lipinski definition) is 4. The molecule has 0 saturated carbocycles. The third kappa shape index (κ3) is 3.57. The molecule has 1 aromatic carbocycles. The van der Waals surface area contributed by atoms with Gasteiger partial charge in [0.25, 0.3) is 0 Å². The maximum atomic E-state index is 12.4. The van der Waals surface area contributed by atoms with E-state index in [9.17, 15) is 14.7 Å². The van der Waals surface area contributed by atoms with Crippen molar-refractivity contribution in [1.82, 2.24) is 20.6 Å². The second-order valence-electron chi connectivity index (χ2n) is 5.59. The molecule has 7 nitrogen and oxygen atoms in total. The van der Waals surface area contributed by atoms with E-state index in [4.69, 9.17) is 0 Å². The third-order valence-corrected chi connectivity index (χ3v) is 3.99. The Morgan fingerprint density at radius 1 is 1.35 bits per heavy atom. The van der Waals surface area contributed by atoms with Gasteiger partial charge in [-0.05, 0) is 17.5 Å². The van der Waals surface area contributed by atoms with E-state index in [0.29, 0.717) is 18.7 Å². The van der Waals surface area contributed by atoms with E-state index in [2.05, 4.69) is 20.6 Å². The summed E-state index contributed by atoms with van der Waals surface area (Å²) in [5, 5.41) is 15.1. The minimum Gasteiger partial charge on any atom is -0.480 e. The van der Waals surface area contributed by atoms with E-state index < -0.39 is 18.1 Å². The van der Waals surface area contributed by atoms with Crippen LogP contribution in [0.5, 0.6) is 0 Å². The van der Waals surface area contributed by atoms with Crippen molar-refractivity contribution in [3.8, 4) is 0 Å². The largest absolute Gasteiger partial charge is 0.480 e. The smallest absolute Gasteiger partial charge is 0.326 e. The first-order valence-electron chi connectivity index (χ1n) is 7.44. The van der Waals surface area contributed by atoms with Crippen LogP contribution in [-0.2, 0) is 29.0 Å². The lowest BCUT2D eigenvalue weighted by Crippen LogP contribution is -2.52. The van der Waals surface area contributed by atoms with Gasteiger partial charge in [0.2, 0.25) is 5.91 Å². The summed E-state index contributed by atoms with van der Waals surface area (Å²) in [5.74, 6) is -1.37. The number of imidazole rings is 1. The molecule has 2 heterocycles. The lowest BCUT2D eigenvalue weighted by Gasteiger charge is -2.26. The van der Waals surface area contributed by atoms with Crippen molar-refractivity contribution in [3.63, 3.8) is 0 Å². The first-order valence-corrected chi connectivity index (χ1v) is 7.44. The lowest BCUT2D eigenvalue weighted by atomic mass is 9.95. The van der Waals surface area contributed by atoms with Crippen molar-refractivity contribution in [2.24, 2.45) is 0 Å². The number of rotatable bonds is 5. The molecule has 1 aromatic heterocycles. The number of nitrogens with zero attached hydrogens (tertiary/aromatic N) is 1. The Bertz CT molecular complexity index is 699. The Morgan fingerprint density at radius 3 is 2.83 bits per heavy atom. The van der Waals surface area contributed by atoms with Crippen LogP contribution in [0.2, 0.25) is 0 Å². The highest BCUT2D eigenvalue weighted by Crippen LogP contribution is 2.16. The van der Waals surface area contributed by atoms with Gasteiger partial charge in [0.15, 0.2) is 0 Å². The highest BCUT2D eigenvalue weighted by molar-refractivity contribution is 5.87. The van der Waals surface area contributed by atoms with Crippen LogP contribution in [0.1, 0.15) is 16.8 Å². The normalized spacial score (nSPS) is 18.0. The van der Waals surface area contributed by atoms with Gasteiger partial charge in [0.05, 0.1) is 12.4 Å². The van der Waals surface area contributed by atoms with Gasteiger partial charge >= 0.3 is 5.97 Å². The van der Waals surface area contributed by atoms with Crippen LogP contribution >= 0.6 is 0 Å². The van der Waals surface area contributed by atoms with E-state index >= 15 is 0 Å². The van der Waals surface area contributed by atoms with Gasteiger partial charge in [-0.25, -0.2) is 9.78 Å². The molecular formula is C16H18N4O3. The number of carbonyl (C=O) groups excluding carboxylic acids is 1. The Hall–Kier alpha value is -2.67. The molecule has 0 spiro atoms. The van der Waals surface area contributed by atoms with Gasteiger partial charge in [-0.3, -0.25) is 4.79 Å². The standard InChI is InChI=1S/C16H18N4O3/c21-15(13-5-10-3-1-2-4-11(10)7-18-13)20-14(16(22)23)6-12-8-17-9-19-12/h1-4,8-9,13-14,18H,5-7H2,(H,17,19)(H,20,21)(H,22,23)/t13-,14?/m0/s1. The van der Waals surface area contributed by atoms with E-state index in [-0.39, 0.29) is 12.3 Å². The molecule has 1 aliphatic heterocycles. The van der Waals surface area contributed by atoms with Gasteiger partial charge in [-0.1, -0.05) is 24.3 Å². The van der Waals surface area contributed by atoms with Crippen molar-refractivity contribution in [2.75, 3.05) is 0 Å². The Kier molecular flexibility index (Phi) is 4.38. The topological polar surface area (TPSA) is 107 Å². The fourth-order valence-electron chi connectivity index (χ4n) is 2.73. The second kappa shape index (κ2) is 6.62. The number of carbonyl (C=O) groups is 2. The molecule has 120 valence electrons. The number of benzene rings is 1. The van der Waals surface area contributed by atoms with Crippen molar-refractivity contribution < 1.29 is 14.7 Å². The number of H-pyrrole nitrogens is 1. The van der Waals surface area contributed by atoms with Crippen molar-refractivity contribution in [2.45, 2.75) is 31.5 Å². The highest BCUT2D eigenvalue weighted by atomic mass is 16.4. The summed E-state index contributed by atoms with van der Waals surface area (Å²) >= 11 is 0. The first-order chi connectivity index (χ1) is 11.1. The zero-order chi connectivity index (χ0) is 16.2. The number of amides is 1. The Labute approximate surface area is 133 Å². The molecule has 0 radical (unpaired) electrons. The zero-order valence-electron chi connectivity index (χ0n) is 12.5. The molecule has 3 rings (SSSR count). The van der Waals surface area contributed by atoms with Crippen LogP contribution in [0.3, 0.4) is 0 Å². The van der Waals surface area contributed by atoms with Gasteiger partial charge < -0.3 is 20.7 Å². The van der Waals surface area contributed by atoms with Crippen LogP contribution in [0.25, 0.3) is 0 Å². The van der Waals surface area contributed by atoms with Crippen LogP contribution in [-0.4, -0.2) is 39.0 Å². The molecule has 2 atom stereocenters. The van der Waals surface area contributed by atoms with Crippen LogP contribution in [0, 0.1) is 0 Å². The molecule has 0 fully saturated rings. The molecule has 7 heteroatoms. The minimum absolute atomic E-state index is 0.171. The number of aromatic nitrogens is 2. The lowest BCUT2D eigenvalue weighted by molar-refractivity contribution is -0.142. The molecule has 1 amide bonds. The molecule has 1 aliphatic rings. The number of aromatic amines is 1. The fourth-order valence-corrected chi connectivity index (χ4v) is 2.73. The van der Waals surface area contributed by atoms with E-state index in [0.717, 1.165) is 5.56 Å². The van der Waals surface area contributed by atoms with Crippen LogP contribution < -0.4 is 10.6 Å². The quantitative estimate of drug-likeness (QED) is 0.632. The SMILES string of the molecule is O=C(O)C(Cc1cnc[nH]1)NC(=O)[C@@H]1Cc2ccccc2CN1. The summed E-state index contributed by atoms with van der Waals surface area (Å²) in [6, 6.07) is 6.52. The molecule has 0 saturated heterocycles. The van der Waals surface area contributed by atoms with E-state index in [1.54, 1.807) is 6.20 Å². The molecule has 23 heavy (non-hydrogen) atoms. The number of fused-ring (bicyclic) bond motifs is 1. The number of hydrogen-bond acceptors (Lipinski definition) is 4. The summed E-state index contributed by atoms with van der Waals surface area (Å²) in [4.78, 5) is 30.5. The van der Waals surface area contributed by atoms with Gasteiger partial charge in [-0.15, -0.1) is 0 Å². The van der Waals surface area contributed by atoms with E-state index in [1.165, 1.54) is 11.9 Å². The Balaban J connectivity index is 1.64. The van der Waals surface area contributed by atoms with Crippen LogP contribution in [0.4, 0.5) is 0 Å². The average molecular weight is 314 g/mol. The molecule has 0 aliphatic carbocycles. The fraction of sp³-hybridized carbons (Fsp3) is 0.312. The molecule has 2 aromatic rings. The summed E-state index contributed by atoms with van der Waals surface area (Å²) in [7, 11) is 0. The summed E-state index contributed by atoms with van der Waals surface area (Å²) < 4.78 is 0. The molecular weight excluding hydrogens is 296 g/mol. The summed E-state index contributed by atoms with van der Waals surface area (Å²) in [6.07, 6.45) is 3.76. The minimum atomic E-state index is -1.07. The second-order valence-corrected chi connectivity index (χ2v) is 5.59. The maximum Gasteiger partial charge on any atom is 0.326 e. The highest BCUT2D eigenvalue weighted by Gasteiger charge is 2.28. The third-order valence-electron chi connectivity index (χ3n) is 3.99. The number of aliphatic carboxylic acids is 1. The predicted molar refractivity (Wildman–Crippen MR) is 82.6 cm³/mol. The number of nitrogens with one attached hydrogen (secondary N) is 3. The number of carboxylic acid groups (broad SMARTS) is 1.